The molecule has 0 aromatic carbocycles. The zero-order valence-corrected chi connectivity index (χ0v) is 30.0. The number of hydrogen-bond acceptors (Lipinski definition) is 10. The van der Waals surface area contributed by atoms with Crippen LogP contribution in [0.5, 0.6) is 0 Å². The quantitative estimate of drug-likeness (QED) is 0.236. The minimum absolute atomic E-state index is 0.0157. The number of piperidine rings is 2. The van der Waals surface area contributed by atoms with Gasteiger partial charge in [-0.05, 0) is 108 Å². The van der Waals surface area contributed by atoms with Crippen LogP contribution < -0.4 is 27.6 Å². The summed E-state index contributed by atoms with van der Waals surface area (Å²) >= 11 is 0. The Morgan fingerprint density at radius 2 is 1.24 bits per heavy atom. The summed E-state index contributed by atoms with van der Waals surface area (Å²) < 4.78 is 9.15. The van der Waals surface area contributed by atoms with Crippen molar-refractivity contribution in [1.29, 1.82) is 0 Å². The monoisotopic (exact) mass is 694 g/mol. The lowest BCUT2D eigenvalue weighted by Gasteiger charge is -2.32. The number of nitrogens with zero attached hydrogens (tertiary/aromatic N) is 6. The van der Waals surface area contributed by atoms with Crippen molar-refractivity contribution in [3.05, 3.63) is 115 Å². The molecule has 0 atom stereocenters. The average Bonchev–Trinajstić information content (AvgIpc) is 3.13. The van der Waals surface area contributed by atoms with Gasteiger partial charge in [0.1, 0.15) is 5.76 Å². The molecule has 0 radical (unpaired) electrons. The van der Waals surface area contributed by atoms with E-state index in [4.69, 9.17) is 10.2 Å². The molecule has 3 N–H and O–H groups in total. The summed E-state index contributed by atoms with van der Waals surface area (Å²) in [4.78, 5) is 49.9. The van der Waals surface area contributed by atoms with Gasteiger partial charge in [-0.1, -0.05) is 0 Å². The molecule has 2 saturated heterocycles. The highest BCUT2D eigenvalue weighted by molar-refractivity contribution is 5.75. The Labute approximate surface area is 297 Å². The van der Waals surface area contributed by atoms with E-state index >= 15 is 0 Å². The molecule has 0 spiro atoms. The first-order valence-electron chi connectivity index (χ1n) is 18.1. The van der Waals surface area contributed by atoms with E-state index < -0.39 is 0 Å². The van der Waals surface area contributed by atoms with Gasteiger partial charge in [0.05, 0.1) is 34.9 Å². The average molecular weight is 695 g/mol. The van der Waals surface area contributed by atoms with Crippen molar-refractivity contribution in [1.82, 2.24) is 34.2 Å². The molecular weight excluding hydrogens is 644 g/mol. The second-order valence-electron chi connectivity index (χ2n) is 14.0. The van der Waals surface area contributed by atoms with Crippen LogP contribution in [0.1, 0.15) is 48.1 Å². The highest BCUT2D eigenvalue weighted by atomic mass is 16.3. The molecule has 2 fully saturated rings. The lowest BCUT2D eigenvalue weighted by Crippen LogP contribution is -2.43. The molecule has 0 aliphatic carbocycles. The number of pyridine rings is 4. The van der Waals surface area contributed by atoms with Crippen LogP contribution >= 0.6 is 0 Å². The second-order valence-corrected chi connectivity index (χ2v) is 14.0. The first-order chi connectivity index (χ1) is 24.6. The Hall–Kier alpha value is -4.49. The summed E-state index contributed by atoms with van der Waals surface area (Å²) in [6, 6.07) is 13.2. The van der Waals surface area contributed by atoms with Crippen LogP contribution in [0.3, 0.4) is 0 Å². The van der Waals surface area contributed by atoms with Gasteiger partial charge in [0.25, 0.3) is 11.1 Å². The van der Waals surface area contributed by atoms with E-state index in [9.17, 15) is 14.4 Å². The highest BCUT2D eigenvalue weighted by Gasteiger charge is 2.20. The Morgan fingerprint density at radius 1 is 0.725 bits per heavy atom. The van der Waals surface area contributed by atoms with Gasteiger partial charge in [0.15, 0.2) is 5.43 Å². The highest BCUT2D eigenvalue weighted by Crippen LogP contribution is 2.15. The fraction of sp³-hybridized carbons (Fsp3) is 0.462. The van der Waals surface area contributed by atoms with Crippen molar-refractivity contribution in [3.8, 4) is 0 Å². The number of fused-ring (bicyclic) bond motifs is 2. The summed E-state index contributed by atoms with van der Waals surface area (Å²) in [5.41, 5.74) is 12.3. The molecule has 7 heterocycles. The number of rotatable bonds is 9. The van der Waals surface area contributed by atoms with E-state index in [0.29, 0.717) is 43.0 Å². The molecule has 0 saturated carbocycles. The smallest absolute Gasteiger partial charge is 0.251 e. The molecule has 7 rings (SSSR count). The van der Waals surface area contributed by atoms with Crippen molar-refractivity contribution in [2.24, 2.45) is 5.73 Å². The van der Waals surface area contributed by atoms with Gasteiger partial charge in [-0.25, -0.2) is 0 Å². The topological polar surface area (TPSA) is 145 Å². The Morgan fingerprint density at radius 3 is 1.75 bits per heavy atom. The van der Waals surface area contributed by atoms with Crippen LogP contribution in [0.2, 0.25) is 0 Å². The third kappa shape index (κ3) is 9.44. The maximum atomic E-state index is 12.4. The normalized spacial score (nSPS) is 16.4. The molecule has 0 amide bonds. The van der Waals surface area contributed by atoms with Crippen LogP contribution in [-0.2, 0) is 19.6 Å². The number of likely N-dealkylation sites (tertiary alicyclic amines) is 2. The molecule has 12 nitrogen and oxygen atoms in total. The van der Waals surface area contributed by atoms with E-state index in [-0.39, 0.29) is 16.5 Å². The summed E-state index contributed by atoms with van der Waals surface area (Å²) in [6.07, 6.45) is 9.34. The number of aryl methyl sites for hydroxylation is 3. The van der Waals surface area contributed by atoms with Crippen molar-refractivity contribution < 1.29 is 4.42 Å². The Balaban J connectivity index is 0.000000187. The maximum Gasteiger partial charge on any atom is 0.251 e. The Bertz CT molecular complexity index is 2120. The predicted octanol–water partition coefficient (Wildman–Crippen LogP) is 3.35. The van der Waals surface area contributed by atoms with Crippen molar-refractivity contribution >= 4 is 22.1 Å². The SMILES string of the molecule is Cc1cnc2ccc(=O)n(CCN3CCC(N)CC3)c2c1.Cc1cnc2ccc(=O)n(CCN3CCC(NCc4cc(=O)c(C)co4)CC3)c2c1. The molecule has 12 heteroatoms. The summed E-state index contributed by atoms with van der Waals surface area (Å²) in [5, 5.41) is 3.50. The largest absolute Gasteiger partial charge is 0.467 e. The summed E-state index contributed by atoms with van der Waals surface area (Å²) in [5.74, 6) is 0.673. The number of nitrogens with one attached hydrogen (secondary N) is 1. The first kappa shape index (κ1) is 36.3. The van der Waals surface area contributed by atoms with Crippen LogP contribution in [0, 0.1) is 20.8 Å². The third-order valence-corrected chi connectivity index (χ3v) is 10.1. The zero-order valence-electron chi connectivity index (χ0n) is 30.0. The first-order valence-corrected chi connectivity index (χ1v) is 18.1. The fourth-order valence-electron chi connectivity index (χ4n) is 6.87. The number of nitrogens with two attached hydrogens (primary N) is 1. The minimum atomic E-state index is 0.0157. The maximum absolute atomic E-state index is 12.4. The molecule has 2 aliphatic rings. The van der Waals surface area contributed by atoms with E-state index in [1.807, 2.05) is 47.5 Å². The van der Waals surface area contributed by atoms with E-state index in [1.165, 1.54) is 6.26 Å². The molecule has 51 heavy (non-hydrogen) atoms. The molecule has 5 aromatic heterocycles. The molecule has 0 unspecified atom stereocenters. The van der Waals surface area contributed by atoms with Gasteiger partial charge in [-0.3, -0.25) is 24.4 Å². The van der Waals surface area contributed by atoms with Crippen LogP contribution in [0.15, 0.2) is 79.9 Å². The van der Waals surface area contributed by atoms with E-state index in [0.717, 1.165) is 98.1 Å². The number of aromatic nitrogens is 4. The molecular formula is C39H50N8O4. The molecule has 2 aliphatic heterocycles. The van der Waals surface area contributed by atoms with Crippen molar-refractivity contribution in [3.63, 3.8) is 0 Å². The van der Waals surface area contributed by atoms with Crippen molar-refractivity contribution in [2.45, 2.75) is 78.2 Å². The van der Waals surface area contributed by atoms with Gasteiger partial charge in [-0.2, -0.15) is 0 Å². The van der Waals surface area contributed by atoms with Crippen LogP contribution in [-0.4, -0.2) is 80.3 Å². The lowest BCUT2D eigenvalue weighted by atomic mass is 10.0. The van der Waals surface area contributed by atoms with E-state index in [2.05, 4.69) is 25.1 Å². The van der Waals surface area contributed by atoms with Crippen LogP contribution in [0.25, 0.3) is 22.1 Å². The second kappa shape index (κ2) is 16.7. The van der Waals surface area contributed by atoms with Gasteiger partial charge in [-0.15, -0.1) is 0 Å². The van der Waals surface area contributed by atoms with Gasteiger partial charge in [0.2, 0.25) is 0 Å². The van der Waals surface area contributed by atoms with Gasteiger partial charge in [0, 0.05) is 74.4 Å². The Kier molecular flexibility index (Phi) is 11.9. The standard InChI is InChI=1S/C23H28N4O3.C16H22N4O/c1-16-11-21-20(25-13-16)3-4-23(29)27(21)10-9-26-7-5-18(6-8-26)24-14-19-12-22(28)17(2)15-30-19;1-12-10-15-14(18-11-12)2-3-16(21)20(15)9-8-19-6-4-13(17)5-7-19/h3-4,11-13,15,18,24H,5-10,14H2,1-2H3;2-3,10-11,13H,4-9,17H2,1H3. The molecule has 270 valence electrons. The van der Waals surface area contributed by atoms with Crippen LogP contribution in [0.4, 0.5) is 0 Å². The van der Waals surface area contributed by atoms with Gasteiger partial charge < -0.3 is 34.4 Å². The molecule has 0 bridgehead atoms. The minimum Gasteiger partial charge on any atom is -0.467 e. The lowest BCUT2D eigenvalue weighted by molar-refractivity contribution is 0.190. The van der Waals surface area contributed by atoms with Crippen molar-refractivity contribution in [2.75, 3.05) is 39.3 Å². The van der Waals surface area contributed by atoms with E-state index in [1.54, 1.807) is 37.3 Å². The summed E-state index contributed by atoms with van der Waals surface area (Å²) in [6.45, 7) is 13.4. The summed E-state index contributed by atoms with van der Waals surface area (Å²) in [7, 11) is 0. The zero-order chi connectivity index (χ0) is 35.9. The van der Waals surface area contributed by atoms with Gasteiger partial charge >= 0.3 is 0 Å². The number of hydrogen-bond donors (Lipinski definition) is 2. The third-order valence-electron chi connectivity index (χ3n) is 10.1. The fourth-order valence-corrected chi connectivity index (χ4v) is 6.87. The molecule has 5 aromatic rings. The predicted molar refractivity (Wildman–Crippen MR) is 201 cm³/mol.